The average molecular weight is 315 g/mol. The van der Waals surface area contributed by atoms with Crippen LogP contribution in [0.1, 0.15) is 37.7 Å². The van der Waals surface area contributed by atoms with Gasteiger partial charge < -0.3 is 15.0 Å². The molecule has 1 aromatic carbocycles. The van der Waals surface area contributed by atoms with Gasteiger partial charge in [0.15, 0.2) is 5.96 Å². The van der Waals surface area contributed by atoms with E-state index in [0.717, 1.165) is 19.0 Å². The molecule has 1 saturated carbocycles. The average Bonchev–Trinajstić information content (AvgIpc) is 3.22. The fourth-order valence-electron chi connectivity index (χ4n) is 3.98. The second-order valence-electron chi connectivity index (χ2n) is 6.89. The third-order valence-corrected chi connectivity index (χ3v) is 5.25. The fraction of sp³-hybridized carbons (Fsp3) is 0.632. The Balaban J connectivity index is 1.37. The third kappa shape index (κ3) is 4.25. The highest BCUT2D eigenvalue weighted by Crippen LogP contribution is 2.45. The first kappa shape index (κ1) is 16.3. The summed E-state index contributed by atoms with van der Waals surface area (Å²) in [6, 6.07) is 10.3. The molecule has 0 atom stereocenters. The molecular formula is C19H29N3O. The van der Waals surface area contributed by atoms with Crippen LogP contribution in [0.5, 0.6) is 0 Å². The van der Waals surface area contributed by atoms with E-state index in [1.54, 1.807) is 0 Å². The topological polar surface area (TPSA) is 36.9 Å². The van der Waals surface area contributed by atoms with E-state index in [0.29, 0.717) is 18.6 Å². The van der Waals surface area contributed by atoms with Crippen LogP contribution in [-0.2, 0) is 11.3 Å². The highest BCUT2D eigenvalue weighted by atomic mass is 16.5. The molecule has 4 nitrogen and oxygen atoms in total. The van der Waals surface area contributed by atoms with Crippen LogP contribution in [-0.4, -0.2) is 44.1 Å². The van der Waals surface area contributed by atoms with Crippen LogP contribution < -0.4 is 5.32 Å². The summed E-state index contributed by atoms with van der Waals surface area (Å²) in [5.74, 6) is 1.04. The normalized spacial score (nSPS) is 20.4. The Bertz CT molecular complexity index is 509. The van der Waals surface area contributed by atoms with Crippen LogP contribution in [0.15, 0.2) is 35.3 Å². The lowest BCUT2D eigenvalue weighted by atomic mass is 9.86. The number of aliphatic imine (C=N–C) groups is 1. The highest BCUT2D eigenvalue weighted by Gasteiger charge is 2.40. The van der Waals surface area contributed by atoms with E-state index in [2.05, 4.69) is 27.3 Å². The Hall–Kier alpha value is -1.55. The van der Waals surface area contributed by atoms with Crippen molar-refractivity contribution >= 4 is 5.96 Å². The largest absolute Gasteiger partial charge is 0.375 e. The number of hydrogen-bond acceptors (Lipinski definition) is 2. The number of rotatable bonds is 5. The van der Waals surface area contributed by atoms with Gasteiger partial charge >= 0.3 is 0 Å². The summed E-state index contributed by atoms with van der Waals surface area (Å²) in [4.78, 5) is 6.89. The summed E-state index contributed by atoms with van der Waals surface area (Å²) < 4.78 is 5.73. The summed E-state index contributed by atoms with van der Waals surface area (Å²) in [7, 11) is 1.88. The SMILES string of the molecule is CN=C(NCCOCc1ccccc1)N1CCC2(CCCC2)C1. The van der Waals surface area contributed by atoms with E-state index >= 15 is 0 Å². The van der Waals surface area contributed by atoms with Gasteiger partial charge in [-0.15, -0.1) is 0 Å². The molecule has 1 N–H and O–H groups in total. The third-order valence-electron chi connectivity index (χ3n) is 5.25. The van der Waals surface area contributed by atoms with Gasteiger partial charge in [-0.2, -0.15) is 0 Å². The number of ether oxygens (including phenoxy) is 1. The van der Waals surface area contributed by atoms with Crippen LogP contribution in [0.25, 0.3) is 0 Å². The first-order chi connectivity index (χ1) is 11.3. The molecule has 3 rings (SSSR count). The van der Waals surface area contributed by atoms with Gasteiger partial charge in [0.25, 0.3) is 0 Å². The van der Waals surface area contributed by atoms with Gasteiger partial charge in [0.05, 0.1) is 13.2 Å². The standard InChI is InChI=1S/C19H29N3O/c1-20-18(22-13-11-19(16-22)9-5-6-10-19)21-12-14-23-15-17-7-3-2-4-8-17/h2-4,7-8H,5-6,9-16H2,1H3,(H,20,21). The minimum absolute atomic E-state index is 0.585. The lowest BCUT2D eigenvalue weighted by molar-refractivity contribution is 0.125. The van der Waals surface area contributed by atoms with Crippen LogP contribution in [0, 0.1) is 5.41 Å². The first-order valence-corrected chi connectivity index (χ1v) is 8.89. The predicted molar refractivity (Wildman–Crippen MR) is 94.6 cm³/mol. The molecular weight excluding hydrogens is 286 g/mol. The summed E-state index contributed by atoms with van der Waals surface area (Å²) in [5, 5.41) is 3.45. The van der Waals surface area contributed by atoms with Gasteiger partial charge in [0, 0.05) is 26.7 Å². The van der Waals surface area contributed by atoms with Crippen molar-refractivity contribution in [2.75, 3.05) is 33.3 Å². The van der Waals surface area contributed by atoms with Crippen molar-refractivity contribution in [3.63, 3.8) is 0 Å². The van der Waals surface area contributed by atoms with Crippen LogP contribution >= 0.6 is 0 Å². The Morgan fingerprint density at radius 2 is 2.00 bits per heavy atom. The molecule has 2 aliphatic rings. The highest BCUT2D eigenvalue weighted by molar-refractivity contribution is 5.80. The van der Waals surface area contributed by atoms with E-state index in [4.69, 9.17) is 4.74 Å². The van der Waals surface area contributed by atoms with Gasteiger partial charge in [-0.3, -0.25) is 4.99 Å². The summed E-state index contributed by atoms with van der Waals surface area (Å²) >= 11 is 0. The van der Waals surface area contributed by atoms with Crippen molar-refractivity contribution in [3.8, 4) is 0 Å². The molecule has 0 amide bonds. The van der Waals surface area contributed by atoms with Crippen molar-refractivity contribution in [1.29, 1.82) is 0 Å². The maximum Gasteiger partial charge on any atom is 0.193 e. The molecule has 1 aliphatic carbocycles. The quantitative estimate of drug-likeness (QED) is 0.515. The zero-order valence-electron chi connectivity index (χ0n) is 14.3. The predicted octanol–water partition coefficient (Wildman–Crippen LogP) is 3.04. The Morgan fingerprint density at radius 1 is 1.22 bits per heavy atom. The van der Waals surface area contributed by atoms with Crippen molar-refractivity contribution in [3.05, 3.63) is 35.9 Å². The molecule has 1 heterocycles. The molecule has 1 aromatic rings. The lowest BCUT2D eigenvalue weighted by Gasteiger charge is -2.25. The number of nitrogens with one attached hydrogen (secondary N) is 1. The van der Waals surface area contributed by atoms with Gasteiger partial charge in [0.1, 0.15) is 0 Å². The van der Waals surface area contributed by atoms with Crippen molar-refractivity contribution in [1.82, 2.24) is 10.2 Å². The van der Waals surface area contributed by atoms with Gasteiger partial charge in [0.2, 0.25) is 0 Å². The number of nitrogens with zero attached hydrogens (tertiary/aromatic N) is 2. The molecule has 1 spiro atoms. The molecule has 1 aliphatic heterocycles. The van der Waals surface area contributed by atoms with Gasteiger partial charge in [-0.1, -0.05) is 43.2 Å². The molecule has 0 bridgehead atoms. The van der Waals surface area contributed by atoms with Crippen LogP contribution in [0.2, 0.25) is 0 Å². The Labute approximate surface area is 139 Å². The summed E-state index contributed by atoms with van der Waals surface area (Å²) in [6.45, 7) is 4.51. The van der Waals surface area contributed by atoms with Gasteiger partial charge in [-0.25, -0.2) is 0 Å². The van der Waals surface area contributed by atoms with Crippen LogP contribution in [0.3, 0.4) is 0 Å². The second-order valence-corrected chi connectivity index (χ2v) is 6.89. The number of hydrogen-bond donors (Lipinski definition) is 1. The Morgan fingerprint density at radius 3 is 2.74 bits per heavy atom. The molecule has 126 valence electrons. The Kier molecular flexibility index (Phi) is 5.55. The first-order valence-electron chi connectivity index (χ1n) is 8.89. The molecule has 2 fully saturated rings. The van der Waals surface area contributed by atoms with E-state index in [9.17, 15) is 0 Å². The van der Waals surface area contributed by atoms with Crippen molar-refractivity contribution < 1.29 is 4.74 Å². The molecule has 0 unspecified atom stereocenters. The molecule has 23 heavy (non-hydrogen) atoms. The molecule has 0 radical (unpaired) electrons. The number of benzene rings is 1. The van der Waals surface area contributed by atoms with Gasteiger partial charge in [-0.05, 0) is 30.2 Å². The summed E-state index contributed by atoms with van der Waals surface area (Å²) in [5.41, 5.74) is 1.81. The molecule has 0 aromatic heterocycles. The maximum absolute atomic E-state index is 5.73. The van der Waals surface area contributed by atoms with Crippen molar-refractivity contribution in [2.45, 2.75) is 38.7 Å². The van der Waals surface area contributed by atoms with Crippen LogP contribution in [0.4, 0.5) is 0 Å². The van der Waals surface area contributed by atoms with Crippen molar-refractivity contribution in [2.24, 2.45) is 10.4 Å². The minimum Gasteiger partial charge on any atom is -0.375 e. The van der Waals surface area contributed by atoms with E-state index in [1.807, 2.05) is 25.2 Å². The number of likely N-dealkylation sites (tertiary alicyclic amines) is 1. The van der Waals surface area contributed by atoms with E-state index in [1.165, 1.54) is 44.2 Å². The second kappa shape index (κ2) is 7.82. The summed E-state index contributed by atoms with van der Waals surface area (Å²) in [6.07, 6.45) is 6.96. The fourth-order valence-corrected chi connectivity index (χ4v) is 3.98. The zero-order chi connectivity index (χ0) is 16.0. The number of guanidine groups is 1. The van der Waals surface area contributed by atoms with E-state index in [-0.39, 0.29) is 0 Å². The molecule has 1 saturated heterocycles. The monoisotopic (exact) mass is 315 g/mol. The maximum atomic E-state index is 5.73. The van der Waals surface area contributed by atoms with E-state index < -0.39 is 0 Å². The lowest BCUT2D eigenvalue weighted by Crippen LogP contribution is -2.42. The minimum atomic E-state index is 0.585. The smallest absolute Gasteiger partial charge is 0.193 e. The zero-order valence-corrected chi connectivity index (χ0v) is 14.3. The molecule has 4 heteroatoms.